The molecular weight excluding hydrogens is 402 g/mol. The van der Waals surface area contributed by atoms with Crippen molar-refractivity contribution in [2.45, 2.75) is 26.3 Å². The van der Waals surface area contributed by atoms with Crippen LogP contribution in [0.25, 0.3) is 10.9 Å². The van der Waals surface area contributed by atoms with E-state index in [0.29, 0.717) is 23.1 Å². The monoisotopic (exact) mass is 423 g/mol. The van der Waals surface area contributed by atoms with Crippen molar-refractivity contribution in [1.82, 2.24) is 9.99 Å². The lowest BCUT2D eigenvalue weighted by Crippen LogP contribution is -2.24. The molecule has 1 aliphatic rings. The molecule has 6 nitrogen and oxygen atoms in total. The van der Waals surface area contributed by atoms with E-state index < -0.39 is 0 Å². The fourth-order valence-electron chi connectivity index (χ4n) is 3.76. The topological polar surface area (TPSA) is 64.0 Å². The molecule has 2 heterocycles. The number of benzene rings is 2. The molecule has 0 saturated carbocycles. The van der Waals surface area contributed by atoms with E-state index in [1.807, 2.05) is 37.3 Å². The third-order valence-electron chi connectivity index (χ3n) is 5.26. The Balaban J connectivity index is 1.77. The molecule has 4 rings (SSSR count). The minimum Gasteiger partial charge on any atom is -0.497 e. The summed E-state index contributed by atoms with van der Waals surface area (Å²) in [4.78, 5) is 16.9. The van der Waals surface area contributed by atoms with Crippen LogP contribution in [0.4, 0.5) is 0 Å². The quantitative estimate of drug-likeness (QED) is 0.559. The fourth-order valence-corrected chi connectivity index (χ4v) is 4.04. The summed E-state index contributed by atoms with van der Waals surface area (Å²) in [6, 6.07) is 13.2. The van der Waals surface area contributed by atoms with Crippen LogP contribution in [0.3, 0.4) is 0 Å². The SMILES string of the molecule is COc1ccc(C2=NN(C(C)=O)[C@H](c3cc4cc(C)ccc4nc3Cl)C2)c(OC)c1. The van der Waals surface area contributed by atoms with Gasteiger partial charge in [0.25, 0.3) is 0 Å². The summed E-state index contributed by atoms with van der Waals surface area (Å²) in [5, 5.41) is 7.44. The molecule has 1 amide bonds. The number of carbonyl (C=O) groups is 1. The van der Waals surface area contributed by atoms with Gasteiger partial charge in [0.1, 0.15) is 16.7 Å². The van der Waals surface area contributed by atoms with Crippen LogP contribution in [0.1, 0.15) is 36.1 Å². The number of aromatic nitrogens is 1. The van der Waals surface area contributed by atoms with Crippen LogP contribution in [0.2, 0.25) is 5.15 Å². The van der Waals surface area contributed by atoms with Gasteiger partial charge in [-0.15, -0.1) is 0 Å². The number of pyridine rings is 1. The van der Waals surface area contributed by atoms with Gasteiger partial charge in [0.15, 0.2) is 0 Å². The Bertz CT molecular complexity index is 1180. The van der Waals surface area contributed by atoms with Crippen LogP contribution in [-0.2, 0) is 4.79 Å². The molecular formula is C23H22ClN3O3. The summed E-state index contributed by atoms with van der Waals surface area (Å²) in [6.45, 7) is 3.53. The number of carbonyl (C=O) groups excluding carboxylic acids is 1. The van der Waals surface area contributed by atoms with E-state index in [1.165, 1.54) is 11.9 Å². The number of halogens is 1. The molecule has 154 valence electrons. The minimum atomic E-state index is -0.339. The van der Waals surface area contributed by atoms with Gasteiger partial charge in [-0.25, -0.2) is 9.99 Å². The highest BCUT2D eigenvalue weighted by Crippen LogP contribution is 2.39. The average molecular weight is 424 g/mol. The van der Waals surface area contributed by atoms with Gasteiger partial charge >= 0.3 is 0 Å². The first-order valence-corrected chi connectivity index (χ1v) is 9.95. The third-order valence-corrected chi connectivity index (χ3v) is 5.57. The van der Waals surface area contributed by atoms with Gasteiger partial charge in [0.05, 0.1) is 31.5 Å². The van der Waals surface area contributed by atoms with E-state index in [1.54, 1.807) is 20.3 Å². The van der Waals surface area contributed by atoms with Crippen molar-refractivity contribution in [3.8, 4) is 11.5 Å². The normalized spacial score (nSPS) is 16.0. The van der Waals surface area contributed by atoms with Crippen molar-refractivity contribution in [2.75, 3.05) is 14.2 Å². The molecule has 0 N–H and O–H groups in total. The molecule has 30 heavy (non-hydrogen) atoms. The fraction of sp³-hybridized carbons (Fsp3) is 0.261. The highest BCUT2D eigenvalue weighted by molar-refractivity contribution is 6.30. The molecule has 0 spiro atoms. The maximum Gasteiger partial charge on any atom is 0.240 e. The van der Waals surface area contributed by atoms with Crippen LogP contribution in [0, 0.1) is 6.92 Å². The number of ether oxygens (including phenoxy) is 2. The van der Waals surface area contributed by atoms with Gasteiger partial charge in [0.2, 0.25) is 5.91 Å². The number of hydrazone groups is 1. The van der Waals surface area contributed by atoms with Gasteiger partial charge in [0, 0.05) is 35.9 Å². The van der Waals surface area contributed by atoms with E-state index in [4.69, 9.17) is 21.1 Å². The predicted molar refractivity (Wildman–Crippen MR) is 117 cm³/mol. The molecule has 0 aliphatic carbocycles. The van der Waals surface area contributed by atoms with Gasteiger partial charge < -0.3 is 9.47 Å². The van der Waals surface area contributed by atoms with E-state index in [9.17, 15) is 4.79 Å². The van der Waals surface area contributed by atoms with Crippen LogP contribution >= 0.6 is 11.6 Å². The molecule has 1 aromatic heterocycles. The van der Waals surface area contributed by atoms with Gasteiger partial charge in [-0.1, -0.05) is 23.2 Å². The minimum absolute atomic E-state index is 0.164. The van der Waals surface area contributed by atoms with Crippen LogP contribution < -0.4 is 9.47 Å². The molecule has 1 aliphatic heterocycles. The predicted octanol–water partition coefficient (Wildman–Crippen LogP) is 4.91. The third kappa shape index (κ3) is 3.59. The molecule has 1 atom stereocenters. The maximum absolute atomic E-state index is 12.4. The zero-order valence-electron chi connectivity index (χ0n) is 17.3. The van der Waals surface area contributed by atoms with Crippen molar-refractivity contribution < 1.29 is 14.3 Å². The number of aryl methyl sites for hydroxylation is 1. The van der Waals surface area contributed by atoms with Crippen molar-refractivity contribution in [3.63, 3.8) is 0 Å². The van der Waals surface area contributed by atoms with E-state index in [-0.39, 0.29) is 11.9 Å². The van der Waals surface area contributed by atoms with Gasteiger partial charge in [-0.05, 0) is 37.3 Å². The number of rotatable bonds is 4. The Morgan fingerprint density at radius 1 is 1.13 bits per heavy atom. The average Bonchev–Trinajstić information content (AvgIpc) is 3.18. The first-order valence-electron chi connectivity index (χ1n) is 9.57. The molecule has 7 heteroatoms. The van der Waals surface area contributed by atoms with Crippen molar-refractivity contribution in [3.05, 3.63) is 64.3 Å². The second-order valence-electron chi connectivity index (χ2n) is 7.26. The van der Waals surface area contributed by atoms with Crippen LogP contribution in [-0.4, -0.2) is 35.8 Å². The van der Waals surface area contributed by atoms with Crippen LogP contribution in [0.5, 0.6) is 11.5 Å². The Labute approximate surface area is 180 Å². The molecule has 0 bridgehead atoms. The number of hydrogen-bond donors (Lipinski definition) is 0. The summed E-state index contributed by atoms with van der Waals surface area (Å²) in [7, 11) is 3.20. The number of fused-ring (bicyclic) bond motifs is 1. The number of methoxy groups -OCH3 is 2. The Kier molecular flexibility index (Phi) is 5.35. The zero-order chi connectivity index (χ0) is 21.4. The largest absolute Gasteiger partial charge is 0.497 e. The lowest BCUT2D eigenvalue weighted by Gasteiger charge is -2.21. The first kappa shape index (κ1) is 20.2. The maximum atomic E-state index is 12.4. The molecule has 0 saturated heterocycles. The van der Waals surface area contributed by atoms with E-state index >= 15 is 0 Å². The van der Waals surface area contributed by atoms with Gasteiger partial charge in [-0.2, -0.15) is 5.10 Å². The standard InChI is InChI=1S/C23H22ClN3O3/c1-13-5-8-19-15(9-13)10-18(23(24)25-19)21-12-20(26-27(21)14(2)28)17-7-6-16(29-3)11-22(17)30-4/h5-11,21H,12H2,1-4H3/t21-/m0/s1. The molecule has 0 unspecified atom stereocenters. The number of amides is 1. The lowest BCUT2D eigenvalue weighted by molar-refractivity contribution is -0.130. The summed E-state index contributed by atoms with van der Waals surface area (Å²) < 4.78 is 10.8. The summed E-state index contributed by atoms with van der Waals surface area (Å²) in [5.41, 5.74) is 4.28. The molecule has 0 radical (unpaired) electrons. The molecule has 0 fully saturated rings. The zero-order valence-corrected chi connectivity index (χ0v) is 18.0. The number of nitrogens with zero attached hydrogens (tertiary/aromatic N) is 3. The lowest BCUT2D eigenvalue weighted by atomic mass is 9.97. The highest BCUT2D eigenvalue weighted by atomic mass is 35.5. The molecule has 2 aromatic carbocycles. The Hall–Kier alpha value is -3.12. The Morgan fingerprint density at radius 3 is 2.63 bits per heavy atom. The van der Waals surface area contributed by atoms with Crippen molar-refractivity contribution in [1.29, 1.82) is 0 Å². The summed E-state index contributed by atoms with van der Waals surface area (Å²) >= 11 is 6.54. The summed E-state index contributed by atoms with van der Waals surface area (Å²) in [5.74, 6) is 1.16. The van der Waals surface area contributed by atoms with Crippen molar-refractivity contribution in [2.24, 2.45) is 5.10 Å². The van der Waals surface area contributed by atoms with E-state index in [2.05, 4.69) is 16.2 Å². The summed E-state index contributed by atoms with van der Waals surface area (Å²) in [6.07, 6.45) is 0.501. The van der Waals surface area contributed by atoms with E-state index in [0.717, 1.165) is 33.3 Å². The molecule has 3 aromatic rings. The smallest absolute Gasteiger partial charge is 0.240 e. The van der Waals surface area contributed by atoms with Crippen molar-refractivity contribution >= 4 is 34.1 Å². The van der Waals surface area contributed by atoms with Gasteiger partial charge in [-0.3, -0.25) is 4.79 Å². The second kappa shape index (κ2) is 7.95. The second-order valence-corrected chi connectivity index (χ2v) is 7.62. The number of hydrogen-bond acceptors (Lipinski definition) is 5. The van der Waals surface area contributed by atoms with Crippen LogP contribution in [0.15, 0.2) is 47.6 Å². The highest BCUT2D eigenvalue weighted by Gasteiger charge is 2.34. The first-order chi connectivity index (χ1) is 14.4. The Morgan fingerprint density at radius 2 is 1.93 bits per heavy atom.